The maximum Gasteiger partial charge on any atom is 0.309 e. The molecule has 1 heterocycles. The fraction of sp³-hybridized carbons (Fsp3) is 0.263. The minimum atomic E-state index is -0.686. The van der Waals surface area contributed by atoms with Crippen LogP contribution in [0.2, 0.25) is 0 Å². The predicted molar refractivity (Wildman–Crippen MR) is 93.9 cm³/mol. The van der Waals surface area contributed by atoms with Crippen LogP contribution in [0.3, 0.4) is 0 Å². The van der Waals surface area contributed by atoms with Gasteiger partial charge >= 0.3 is 11.8 Å². The van der Waals surface area contributed by atoms with Gasteiger partial charge < -0.3 is 24.8 Å². The number of amides is 2. The van der Waals surface area contributed by atoms with E-state index in [1.165, 1.54) is 0 Å². The highest BCUT2D eigenvalue weighted by Gasteiger charge is 2.15. The van der Waals surface area contributed by atoms with E-state index in [4.69, 9.17) is 14.2 Å². The summed E-state index contributed by atoms with van der Waals surface area (Å²) >= 11 is 0. The summed E-state index contributed by atoms with van der Waals surface area (Å²) in [6.45, 7) is 3.20. The molecule has 2 amide bonds. The molecule has 2 aromatic rings. The molecule has 0 saturated heterocycles. The second kappa shape index (κ2) is 8.24. The summed E-state index contributed by atoms with van der Waals surface area (Å²) in [5, 5.41) is 5.18. The van der Waals surface area contributed by atoms with E-state index in [1.807, 2.05) is 37.3 Å². The van der Waals surface area contributed by atoms with Gasteiger partial charge in [-0.3, -0.25) is 9.59 Å². The highest BCUT2D eigenvalue weighted by atomic mass is 16.7. The lowest BCUT2D eigenvalue weighted by Crippen LogP contribution is -2.39. The first kappa shape index (κ1) is 17.6. The second-order valence-corrected chi connectivity index (χ2v) is 5.63. The number of fused-ring (bicyclic) bond motifs is 1. The minimum absolute atomic E-state index is 0.194. The molecule has 0 unspecified atom stereocenters. The molecule has 136 valence electrons. The summed E-state index contributed by atoms with van der Waals surface area (Å²) in [7, 11) is 0. The number of rotatable bonds is 6. The number of carbonyl (C=O) groups excluding carboxylic acids is 2. The first-order valence-corrected chi connectivity index (χ1v) is 8.32. The first-order valence-electron chi connectivity index (χ1n) is 8.32. The molecule has 0 atom stereocenters. The third kappa shape index (κ3) is 4.44. The molecule has 1 aliphatic rings. The van der Waals surface area contributed by atoms with Crippen LogP contribution in [0.5, 0.6) is 17.2 Å². The third-order valence-electron chi connectivity index (χ3n) is 3.78. The minimum Gasteiger partial charge on any atom is -0.494 e. The second-order valence-electron chi connectivity index (χ2n) is 5.63. The van der Waals surface area contributed by atoms with Crippen molar-refractivity contribution in [3.8, 4) is 17.2 Å². The molecule has 26 heavy (non-hydrogen) atoms. The fourth-order valence-corrected chi connectivity index (χ4v) is 2.45. The molecule has 0 spiro atoms. The van der Waals surface area contributed by atoms with E-state index in [2.05, 4.69) is 10.6 Å². The smallest absolute Gasteiger partial charge is 0.309 e. The van der Waals surface area contributed by atoms with E-state index < -0.39 is 11.8 Å². The van der Waals surface area contributed by atoms with Gasteiger partial charge in [-0.25, -0.2) is 0 Å². The molecule has 7 nitrogen and oxygen atoms in total. The van der Waals surface area contributed by atoms with E-state index in [-0.39, 0.29) is 19.9 Å². The Morgan fingerprint density at radius 3 is 2.23 bits per heavy atom. The molecule has 0 bridgehead atoms. The maximum atomic E-state index is 11.9. The standard InChI is InChI=1S/C19H20N2O5/c1-2-24-15-6-3-13(4-7-15)10-20-18(22)19(23)21-11-14-5-8-16-17(9-14)26-12-25-16/h3-9H,2,10-12H2,1H3,(H,20,22)(H,21,23). The van der Waals surface area contributed by atoms with E-state index in [0.29, 0.717) is 18.1 Å². The molecule has 0 saturated carbocycles. The molecule has 0 aromatic heterocycles. The quantitative estimate of drug-likeness (QED) is 0.770. The van der Waals surface area contributed by atoms with Crippen molar-refractivity contribution in [3.63, 3.8) is 0 Å². The molecular weight excluding hydrogens is 336 g/mol. The van der Waals surface area contributed by atoms with Crippen molar-refractivity contribution in [1.29, 1.82) is 0 Å². The van der Waals surface area contributed by atoms with Crippen LogP contribution in [0, 0.1) is 0 Å². The summed E-state index contributed by atoms with van der Waals surface area (Å²) in [5.74, 6) is 0.710. The third-order valence-corrected chi connectivity index (χ3v) is 3.78. The molecule has 1 aliphatic heterocycles. The average Bonchev–Trinajstić information content (AvgIpc) is 3.13. The van der Waals surface area contributed by atoms with Gasteiger partial charge in [0.15, 0.2) is 11.5 Å². The van der Waals surface area contributed by atoms with Gasteiger partial charge in [-0.1, -0.05) is 18.2 Å². The van der Waals surface area contributed by atoms with Crippen LogP contribution in [0.4, 0.5) is 0 Å². The van der Waals surface area contributed by atoms with Crippen molar-refractivity contribution in [1.82, 2.24) is 10.6 Å². The molecule has 0 fully saturated rings. The lowest BCUT2D eigenvalue weighted by molar-refractivity contribution is -0.139. The van der Waals surface area contributed by atoms with Gasteiger partial charge in [0.2, 0.25) is 6.79 Å². The lowest BCUT2D eigenvalue weighted by atomic mass is 10.2. The molecule has 0 aliphatic carbocycles. The SMILES string of the molecule is CCOc1ccc(CNC(=O)C(=O)NCc2ccc3c(c2)OCO3)cc1. The monoisotopic (exact) mass is 356 g/mol. The van der Waals surface area contributed by atoms with Crippen LogP contribution in [-0.4, -0.2) is 25.2 Å². The van der Waals surface area contributed by atoms with Gasteiger partial charge in [-0.2, -0.15) is 0 Å². The van der Waals surface area contributed by atoms with E-state index in [0.717, 1.165) is 16.9 Å². The number of nitrogens with one attached hydrogen (secondary N) is 2. The van der Waals surface area contributed by atoms with Gasteiger partial charge in [-0.15, -0.1) is 0 Å². The summed E-state index contributed by atoms with van der Waals surface area (Å²) in [4.78, 5) is 23.8. The van der Waals surface area contributed by atoms with Crippen molar-refractivity contribution >= 4 is 11.8 Å². The van der Waals surface area contributed by atoms with E-state index >= 15 is 0 Å². The molecular formula is C19H20N2O5. The Hall–Kier alpha value is -3.22. The Kier molecular flexibility index (Phi) is 5.58. The Morgan fingerprint density at radius 1 is 0.923 bits per heavy atom. The Bertz CT molecular complexity index is 789. The van der Waals surface area contributed by atoms with Crippen LogP contribution in [-0.2, 0) is 22.7 Å². The molecule has 2 N–H and O–H groups in total. The Labute approximate surface area is 151 Å². The van der Waals surface area contributed by atoms with Crippen molar-refractivity contribution in [2.75, 3.05) is 13.4 Å². The number of ether oxygens (including phenoxy) is 3. The van der Waals surface area contributed by atoms with Crippen LogP contribution < -0.4 is 24.8 Å². The predicted octanol–water partition coefficient (Wildman–Crippen LogP) is 1.75. The van der Waals surface area contributed by atoms with Crippen molar-refractivity contribution < 1.29 is 23.8 Å². The maximum absolute atomic E-state index is 11.9. The summed E-state index contributed by atoms with van der Waals surface area (Å²) in [6, 6.07) is 12.7. The fourth-order valence-electron chi connectivity index (χ4n) is 2.45. The van der Waals surface area contributed by atoms with E-state index in [9.17, 15) is 9.59 Å². The zero-order chi connectivity index (χ0) is 18.4. The average molecular weight is 356 g/mol. The van der Waals surface area contributed by atoms with E-state index in [1.54, 1.807) is 12.1 Å². The van der Waals surface area contributed by atoms with Gasteiger partial charge in [0.25, 0.3) is 0 Å². The topological polar surface area (TPSA) is 85.9 Å². The number of hydrogen-bond acceptors (Lipinski definition) is 5. The molecule has 7 heteroatoms. The number of benzene rings is 2. The molecule has 0 radical (unpaired) electrons. The van der Waals surface area contributed by atoms with Crippen LogP contribution >= 0.6 is 0 Å². The molecule has 2 aromatic carbocycles. The zero-order valence-electron chi connectivity index (χ0n) is 14.4. The largest absolute Gasteiger partial charge is 0.494 e. The van der Waals surface area contributed by atoms with Gasteiger partial charge in [0.05, 0.1) is 6.61 Å². The van der Waals surface area contributed by atoms with Crippen molar-refractivity contribution in [2.45, 2.75) is 20.0 Å². The summed E-state index contributed by atoms with van der Waals surface area (Å²) in [6.07, 6.45) is 0. The Balaban J connectivity index is 1.45. The number of carbonyl (C=O) groups is 2. The summed E-state index contributed by atoms with van der Waals surface area (Å²) in [5.41, 5.74) is 1.70. The highest BCUT2D eigenvalue weighted by molar-refractivity contribution is 6.35. The summed E-state index contributed by atoms with van der Waals surface area (Å²) < 4.78 is 15.9. The normalized spacial score (nSPS) is 11.7. The van der Waals surface area contributed by atoms with Crippen LogP contribution in [0.15, 0.2) is 42.5 Å². The van der Waals surface area contributed by atoms with Crippen LogP contribution in [0.25, 0.3) is 0 Å². The first-order chi connectivity index (χ1) is 12.7. The number of hydrogen-bond donors (Lipinski definition) is 2. The highest BCUT2D eigenvalue weighted by Crippen LogP contribution is 2.32. The lowest BCUT2D eigenvalue weighted by Gasteiger charge is -2.08. The molecule has 3 rings (SSSR count). The van der Waals surface area contributed by atoms with Crippen molar-refractivity contribution in [2.24, 2.45) is 0 Å². The van der Waals surface area contributed by atoms with Crippen LogP contribution in [0.1, 0.15) is 18.1 Å². The van der Waals surface area contributed by atoms with Gasteiger partial charge in [0, 0.05) is 13.1 Å². The zero-order valence-corrected chi connectivity index (χ0v) is 14.4. The van der Waals surface area contributed by atoms with Crippen molar-refractivity contribution in [3.05, 3.63) is 53.6 Å². The Morgan fingerprint density at radius 2 is 1.54 bits per heavy atom. The van der Waals surface area contributed by atoms with Gasteiger partial charge in [-0.05, 0) is 42.3 Å². The van der Waals surface area contributed by atoms with Gasteiger partial charge in [0.1, 0.15) is 5.75 Å².